The van der Waals surface area contributed by atoms with Crippen LogP contribution in [0.1, 0.15) is 53.7 Å². The van der Waals surface area contributed by atoms with E-state index in [1.807, 2.05) is 0 Å². The summed E-state index contributed by atoms with van der Waals surface area (Å²) >= 11 is 0. The Kier molecular flexibility index (Phi) is 5.72. The highest BCUT2D eigenvalue weighted by molar-refractivity contribution is 5.99. The molecule has 1 N–H and O–H groups in total. The Morgan fingerprint density at radius 1 is 1.13 bits per heavy atom. The minimum Gasteiger partial charge on any atom is -0.493 e. The molecule has 31 heavy (non-hydrogen) atoms. The van der Waals surface area contributed by atoms with Gasteiger partial charge in [-0.05, 0) is 37.0 Å². The number of hydrogen-bond acceptors (Lipinski definition) is 5. The van der Waals surface area contributed by atoms with Crippen LogP contribution < -0.4 is 14.8 Å². The summed E-state index contributed by atoms with van der Waals surface area (Å²) < 4.78 is 53.2. The van der Waals surface area contributed by atoms with E-state index in [-0.39, 0.29) is 23.7 Å². The van der Waals surface area contributed by atoms with Crippen LogP contribution in [0.15, 0.2) is 24.4 Å². The lowest BCUT2D eigenvalue weighted by atomic mass is 9.96. The van der Waals surface area contributed by atoms with Gasteiger partial charge >= 0.3 is 6.18 Å². The lowest BCUT2D eigenvalue weighted by molar-refractivity contribution is -0.173. The van der Waals surface area contributed by atoms with Crippen molar-refractivity contribution in [2.45, 2.75) is 43.9 Å². The standard InChI is InChI=1S/C21H25F3N4O3/c1-30-16-7-6-13(10-17(16)31-2)15-11-18(21(22,23)24)28-19(26-15)14(12-25-28)20(29)27-8-4-3-5-9-27/h6-7,10,12,15,18,26H,3-5,8-9,11H2,1-2H3. The third-order valence-electron chi connectivity index (χ3n) is 5.92. The zero-order valence-corrected chi connectivity index (χ0v) is 17.4. The topological polar surface area (TPSA) is 68.6 Å². The fraction of sp³-hybridized carbons (Fsp3) is 0.524. The van der Waals surface area contributed by atoms with Gasteiger partial charge in [-0.1, -0.05) is 6.07 Å². The minimum atomic E-state index is -4.51. The zero-order valence-electron chi connectivity index (χ0n) is 17.4. The van der Waals surface area contributed by atoms with Crippen molar-refractivity contribution in [1.29, 1.82) is 0 Å². The molecule has 3 heterocycles. The number of hydrogen-bond donors (Lipinski definition) is 1. The number of methoxy groups -OCH3 is 2. The number of carbonyl (C=O) groups is 1. The number of piperidine rings is 1. The van der Waals surface area contributed by atoms with E-state index in [1.54, 1.807) is 23.1 Å². The van der Waals surface area contributed by atoms with E-state index in [9.17, 15) is 18.0 Å². The minimum absolute atomic E-state index is 0.101. The molecule has 2 aliphatic rings. The lowest BCUT2D eigenvalue weighted by Crippen LogP contribution is -2.38. The molecular weight excluding hydrogens is 413 g/mol. The third kappa shape index (κ3) is 4.03. The summed E-state index contributed by atoms with van der Waals surface area (Å²) in [7, 11) is 2.96. The number of fused-ring (bicyclic) bond motifs is 1. The first-order valence-electron chi connectivity index (χ1n) is 10.3. The number of likely N-dealkylation sites (tertiary alicyclic amines) is 1. The number of nitrogens with one attached hydrogen (secondary N) is 1. The number of anilines is 1. The van der Waals surface area contributed by atoms with Gasteiger partial charge in [0.2, 0.25) is 0 Å². The quantitative estimate of drug-likeness (QED) is 0.776. The molecule has 1 amide bonds. The maximum absolute atomic E-state index is 13.9. The molecule has 4 rings (SSSR count). The molecule has 0 radical (unpaired) electrons. The highest BCUT2D eigenvalue weighted by Gasteiger charge is 2.47. The fourth-order valence-electron chi connectivity index (χ4n) is 4.27. The molecule has 0 saturated carbocycles. The number of nitrogens with zero attached hydrogens (tertiary/aromatic N) is 3. The first kappa shape index (κ1) is 21.3. The highest BCUT2D eigenvalue weighted by atomic mass is 19.4. The van der Waals surface area contributed by atoms with Gasteiger partial charge in [0.05, 0.1) is 26.5 Å². The maximum Gasteiger partial charge on any atom is 0.410 e. The SMILES string of the molecule is COc1ccc(C2CC(C(F)(F)F)n3ncc(C(=O)N4CCCCC4)c3N2)cc1OC. The molecule has 1 aromatic heterocycles. The largest absolute Gasteiger partial charge is 0.493 e. The predicted octanol–water partition coefficient (Wildman–Crippen LogP) is 4.19. The van der Waals surface area contributed by atoms with Crippen LogP contribution in [0.2, 0.25) is 0 Å². The van der Waals surface area contributed by atoms with Gasteiger partial charge < -0.3 is 19.7 Å². The molecule has 7 nitrogen and oxygen atoms in total. The molecule has 2 atom stereocenters. The number of benzene rings is 1. The van der Waals surface area contributed by atoms with E-state index >= 15 is 0 Å². The molecule has 2 aliphatic heterocycles. The van der Waals surface area contributed by atoms with Crippen LogP contribution in [-0.4, -0.2) is 54.1 Å². The monoisotopic (exact) mass is 438 g/mol. The van der Waals surface area contributed by atoms with E-state index in [2.05, 4.69) is 10.4 Å². The summed E-state index contributed by atoms with van der Waals surface area (Å²) in [5.74, 6) is 0.723. The maximum atomic E-state index is 13.9. The van der Waals surface area contributed by atoms with Crippen LogP contribution in [0.4, 0.5) is 19.0 Å². The molecule has 1 saturated heterocycles. The third-order valence-corrected chi connectivity index (χ3v) is 5.92. The molecule has 10 heteroatoms. The molecule has 168 valence electrons. The van der Waals surface area contributed by atoms with Crippen molar-refractivity contribution in [2.24, 2.45) is 0 Å². The molecule has 0 bridgehead atoms. The first-order valence-corrected chi connectivity index (χ1v) is 10.3. The van der Waals surface area contributed by atoms with E-state index in [4.69, 9.17) is 9.47 Å². The van der Waals surface area contributed by atoms with Crippen molar-refractivity contribution in [3.05, 3.63) is 35.5 Å². The van der Waals surface area contributed by atoms with Gasteiger partial charge in [0, 0.05) is 19.5 Å². The summed E-state index contributed by atoms with van der Waals surface area (Å²) in [4.78, 5) is 14.7. The number of rotatable bonds is 4. The second kappa shape index (κ2) is 8.32. The molecule has 1 fully saturated rings. The van der Waals surface area contributed by atoms with Crippen molar-refractivity contribution in [3.8, 4) is 11.5 Å². The molecule has 0 spiro atoms. The Labute approximate surface area is 178 Å². The smallest absolute Gasteiger partial charge is 0.410 e. The first-order chi connectivity index (χ1) is 14.8. The van der Waals surface area contributed by atoms with Crippen molar-refractivity contribution in [2.75, 3.05) is 32.6 Å². The number of ether oxygens (including phenoxy) is 2. The van der Waals surface area contributed by atoms with E-state index in [0.717, 1.165) is 23.9 Å². The van der Waals surface area contributed by atoms with E-state index < -0.39 is 18.3 Å². The summed E-state index contributed by atoms with van der Waals surface area (Å²) in [6, 6.07) is 2.49. The van der Waals surface area contributed by atoms with Crippen LogP contribution in [0.5, 0.6) is 11.5 Å². The van der Waals surface area contributed by atoms with Crippen molar-refractivity contribution in [3.63, 3.8) is 0 Å². The number of alkyl halides is 3. The molecule has 2 unspecified atom stereocenters. The predicted molar refractivity (Wildman–Crippen MR) is 108 cm³/mol. The Hall–Kier alpha value is -2.91. The zero-order chi connectivity index (χ0) is 22.2. The highest BCUT2D eigenvalue weighted by Crippen LogP contribution is 2.45. The molecule has 2 aromatic rings. The molecular formula is C21H25F3N4O3. The second-order valence-electron chi connectivity index (χ2n) is 7.81. The van der Waals surface area contributed by atoms with Crippen molar-refractivity contribution < 1.29 is 27.4 Å². The van der Waals surface area contributed by atoms with E-state index in [1.165, 1.54) is 20.4 Å². The van der Waals surface area contributed by atoms with Crippen LogP contribution in [0, 0.1) is 0 Å². The van der Waals surface area contributed by atoms with Gasteiger partial charge in [0.25, 0.3) is 5.91 Å². The van der Waals surface area contributed by atoms with Gasteiger partial charge in [0.1, 0.15) is 11.4 Å². The Bertz CT molecular complexity index is 954. The summed E-state index contributed by atoms with van der Waals surface area (Å²) in [5, 5.41) is 7.08. The number of halogens is 3. The molecule has 1 aromatic carbocycles. The Morgan fingerprint density at radius 2 is 1.84 bits per heavy atom. The number of aromatic nitrogens is 2. The van der Waals surface area contributed by atoms with Gasteiger partial charge in [-0.15, -0.1) is 0 Å². The lowest BCUT2D eigenvalue weighted by Gasteiger charge is -2.34. The average Bonchev–Trinajstić information content (AvgIpc) is 3.21. The van der Waals surface area contributed by atoms with Gasteiger partial charge in [-0.2, -0.15) is 18.3 Å². The Balaban J connectivity index is 1.71. The van der Waals surface area contributed by atoms with Crippen LogP contribution in [0.25, 0.3) is 0 Å². The number of carbonyl (C=O) groups excluding carboxylic acids is 1. The van der Waals surface area contributed by atoms with Gasteiger partial charge in [-0.25, -0.2) is 4.68 Å². The van der Waals surface area contributed by atoms with Crippen LogP contribution >= 0.6 is 0 Å². The fourth-order valence-corrected chi connectivity index (χ4v) is 4.27. The summed E-state index contributed by atoms with van der Waals surface area (Å²) in [6.07, 6.45) is -0.695. The van der Waals surface area contributed by atoms with E-state index in [0.29, 0.717) is 30.2 Å². The van der Waals surface area contributed by atoms with Gasteiger partial charge in [0.15, 0.2) is 17.5 Å². The number of amides is 1. The van der Waals surface area contributed by atoms with Gasteiger partial charge in [-0.3, -0.25) is 4.79 Å². The van der Waals surface area contributed by atoms with Crippen molar-refractivity contribution >= 4 is 11.7 Å². The summed E-state index contributed by atoms with van der Waals surface area (Å²) in [5.41, 5.74) is 0.775. The van der Waals surface area contributed by atoms with Crippen LogP contribution in [0.3, 0.4) is 0 Å². The second-order valence-corrected chi connectivity index (χ2v) is 7.81. The summed E-state index contributed by atoms with van der Waals surface area (Å²) in [6.45, 7) is 1.20. The normalized spacial score (nSPS) is 21.3. The average molecular weight is 438 g/mol. The Morgan fingerprint density at radius 3 is 2.48 bits per heavy atom. The van der Waals surface area contributed by atoms with Crippen LogP contribution in [-0.2, 0) is 0 Å². The van der Waals surface area contributed by atoms with Crippen molar-refractivity contribution in [1.82, 2.24) is 14.7 Å². The molecule has 0 aliphatic carbocycles.